The highest BCUT2D eigenvalue weighted by molar-refractivity contribution is 5.99. The summed E-state index contributed by atoms with van der Waals surface area (Å²) in [6, 6.07) is 16.6. The molecule has 16 heteroatoms. The van der Waals surface area contributed by atoms with Gasteiger partial charge in [-0.2, -0.15) is 22.0 Å². The zero-order valence-corrected chi connectivity index (χ0v) is 33.5. The summed E-state index contributed by atoms with van der Waals surface area (Å²) in [6.45, 7) is 2.49. The summed E-state index contributed by atoms with van der Waals surface area (Å²) < 4.78 is 66.9. The predicted octanol–water partition coefficient (Wildman–Crippen LogP) is 7.65. The summed E-state index contributed by atoms with van der Waals surface area (Å²) in [5.74, 6) is -7.68. The first kappa shape index (κ1) is 44.5. The van der Waals surface area contributed by atoms with Gasteiger partial charge in [0.2, 0.25) is 11.8 Å². The fraction of sp³-hybridized carbons (Fsp3) is 0.476. The zero-order chi connectivity index (χ0) is 41.1. The number of fused-ring (bicyclic) bond motifs is 1. The number of rotatable bonds is 12. The van der Waals surface area contributed by atoms with Crippen LogP contribution in [0, 0.1) is 18.8 Å². The van der Waals surface area contributed by atoms with Crippen LogP contribution in [0.15, 0.2) is 60.7 Å². The van der Waals surface area contributed by atoms with Gasteiger partial charge in [-0.3, -0.25) is 14.4 Å². The molecular formula is C42H51ClF5N7O3. The molecule has 2 aliphatic rings. The van der Waals surface area contributed by atoms with Gasteiger partial charge in [-0.1, -0.05) is 30.3 Å². The second-order valence-corrected chi connectivity index (χ2v) is 15.8. The van der Waals surface area contributed by atoms with E-state index in [9.17, 15) is 36.3 Å². The number of anilines is 1. The topological polar surface area (TPSA) is 145 Å². The lowest BCUT2D eigenvalue weighted by Crippen LogP contribution is -2.48. The van der Waals surface area contributed by atoms with Crippen LogP contribution in [-0.2, 0) is 21.9 Å². The van der Waals surface area contributed by atoms with Crippen molar-refractivity contribution in [1.82, 2.24) is 25.5 Å². The molecular weight excluding hydrogens is 781 g/mol. The van der Waals surface area contributed by atoms with E-state index in [4.69, 9.17) is 5.73 Å². The molecule has 3 amide bonds. The SMILES string of the molecule is Cc1cc(C(=O)NC2CCC(N(C)C)CC2)ccc1-c1ccc(C[C@H](NC(=O)C2CCC(CN)CC2)C(=O)Nc2ccc3nc(C(F)(F)C(F)(F)F)[nH]c3c2)cc1.Cl. The number of nitrogens with zero attached hydrogens (tertiary/aromatic N) is 2. The van der Waals surface area contributed by atoms with Crippen LogP contribution >= 0.6 is 12.4 Å². The Morgan fingerprint density at radius 2 is 1.57 bits per heavy atom. The van der Waals surface area contributed by atoms with E-state index in [-0.39, 0.29) is 59.3 Å². The molecule has 314 valence electrons. The first-order valence-electron chi connectivity index (χ1n) is 19.5. The number of hydrogen-bond acceptors (Lipinski definition) is 6. The Labute approximate surface area is 340 Å². The first-order chi connectivity index (χ1) is 27.0. The van der Waals surface area contributed by atoms with E-state index in [1.165, 1.54) is 18.2 Å². The number of aromatic amines is 1. The minimum absolute atomic E-state index is 0. The Morgan fingerprint density at radius 1 is 0.897 bits per heavy atom. The van der Waals surface area contributed by atoms with Gasteiger partial charge < -0.3 is 31.6 Å². The molecule has 0 aliphatic heterocycles. The number of imidazole rings is 1. The van der Waals surface area contributed by atoms with Gasteiger partial charge in [0.1, 0.15) is 6.04 Å². The fourth-order valence-electron chi connectivity index (χ4n) is 7.95. The summed E-state index contributed by atoms with van der Waals surface area (Å²) in [5.41, 5.74) is 9.76. The lowest BCUT2D eigenvalue weighted by Gasteiger charge is -2.33. The number of aryl methyl sites for hydroxylation is 1. The molecule has 6 N–H and O–H groups in total. The molecule has 1 atom stereocenters. The Bertz CT molecular complexity index is 2060. The largest absolute Gasteiger partial charge is 0.461 e. The van der Waals surface area contributed by atoms with Crippen LogP contribution in [0.3, 0.4) is 0 Å². The van der Waals surface area contributed by atoms with Gasteiger partial charge >= 0.3 is 12.1 Å². The second-order valence-electron chi connectivity index (χ2n) is 15.8. The maximum atomic E-state index is 14.0. The lowest BCUT2D eigenvalue weighted by molar-refractivity contribution is -0.292. The number of nitrogens with one attached hydrogen (secondary N) is 4. The van der Waals surface area contributed by atoms with E-state index in [0.29, 0.717) is 36.9 Å². The highest BCUT2D eigenvalue weighted by Gasteiger charge is 2.61. The van der Waals surface area contributed by atoms with Gasteiger partial charge in [-0.05, 0) is 137 Å². The number of aromatic nitrogens is 2. The molecule has 0 radical (unpaired) electrons. The van der Waals surface area contributed by atoms with Crippen LogP contribution < -0.4 is 21.7 Å². The van der Waals surface area contributed by atoms with E-state index < -0.39 is 29.9 Å². The third kappa shape index (κ3) is 10.3. The van der Waals surface area contributed by atoms with E-state index in [2.05, 4.69) is 39.9 Å². The molecule has 10 nitrogen and oxygen atoms in total. The minimum Gasteiger partial charge on any atom is -0.349 e. The number of carbonyl (C=O) groups is 3. The van der Waals surface area contributed by atoms with E-state index >= 15 is 0 Å². The Hall–Kier alpha value is -4.60. The van der Waals surface area contributed by atoms with Crippen LogP contribution in [-0.4, -0.2) is 77.5 Å². The molecule has 2 saturated carbocycles. The molecule has 1 heterocycles. The summed E-state index contributed by atoms with van der Waals surface area (Å²) >= 11 is 0. The van der Waals surface area contributed by atoms with Crippen molar-refractivity contribution in [3.05, 3.63) is 83.2 Å². The standard InChI is InChI=1S/C42H50F5N7O3.ClH/c1-24-20-29(38(56)49-30-13-16-32(17-14-30)54(2)3)12-18-33(24)27-8-4-25(5-9-27)21-36(51-37(55)28-10-6-26(23-48)7-11-28)39(57)50-31-15-19-34-35(22-31)53-40(52-34)41(43,44)42(45,46)47;/h4-5,8-9,12,15,18-20,22,26,28,30,32,36H,6-7,10-11,13-14,16-17,21,23,48H2,1-3H3,(H,49,56)(H,50,57)(H,51,55)(H,52,53);1H/t26?,28?,30?,32?,36-;/m0./s1. The Kier molecular flexibility index (Phi) is 14.2. The van der Waals surface area contributed by atoms with Crippen molar-refractivity contribution in [2.24, 2.45) is 17.6 Å². The molecule has 3 aromatic carbocycles. The van der Waals surface area contributed by atoms with Crippen molar-refractivity contribution in [3.8, 4) is 11.1 Å². The molecule has 0 spiro atoms. The molecule has 2 aliphatic carbocycles. The highest BCUT2D eigenvalue weighted by atomic mass is 35.5. The predicted molar refractivity (Wildman–Crippen MR) is 216 cm³/mol. The summed E-state index contributed by atoms with van der Waals surface area (Å²) in [7, 11) is 4.17. The molecule has 0 saturated heterocycles. The molecule has 0 unspecified atom stereocenters. The lowest BCUT2D eigenvalue weighted by atomic mass is 9.81. The van der Waals surface area contributed by atoms with Gasteiger partial charge in [0, 0.05) is 35.7 Å². The number of carbonyl (C=O) groups excluding carboxylic acids is 3. The molecule has 4 aromatic rings. The van der Waals surface area contributed by atoms with Crippen LogP contribution in [0.2, 0.25) is 0 Å². The van der Waals surface area contributed by atoms with Gasteiger partial charge in [0.05, 0.1) is 11.0 Å². The first-order valence-corrected chi connectivity index (χ1v) is 19.5. The number of amides is 3. The summed E-state index contributed by atoms with van der Waals surface area (Å²) in [6.07, 6.45) is 1.11. The van der Waals surface area contributed by atoms with Gasteiger partial charge in [-0.15, -0.1) is 12.4 Å². The number of hydrogen-bond donors (Lipinski definition) is 5. The van der Waals surface area contributed by atoms with Crippen molar-refractivity contribution < 1.29 is 36.3 Å². The smallest absolute Gasteiger partial charge is 0.349 e. The van der Waals surface area contributed by atoms with Crippen molar-refractivity contribution in [3.63, 3.8) is 0 Å². The maximum absolute atomic E-state index is 14.0. The molecule has 2 fully saturated rings. The van der Waals surface area contributed by atoms with E-state index in [0.717, 1.165) is 60.8 Å². The van der Waals surface area contributed by atoms with Gasteiger partial charge in [0.15, 0.2) is 5.82 Å². The summed E-state index contributed by atoms with van der Waals surface area (Å²) in [5, 5.41) is 8.79. The normalized spacial score (nSPS) is 20.6. The summed E-state index contributed by atoms with van der Waals surface area (Å²) in [4.78, 5) is 48.1. The van der Waals surface area contributed by atoms with Crippen LogP contribution in [0.25, 0.3) is 22.2 Å². The third-order valence-electron chi connectivity index (χ3n) is 11.5. The van der Waals surface area contributed by atoms with E-state index in [1.807, 2.05) is 54.4 Å². The number of benzene rings is 3. The monoisotopic (exact) mass is 831 g/mol. The number of H-pyrrole nitrogens is 1. The highest BCUT2D eigenvalue weighted by Crippen LogP contribution is 2.43. The number of halogens is 6. The average Bonchev–Trinajstić information content (AvgIpc) is 3.62. The maximum Gasteiger partial charge on any atom is 0.461 e. The van der Waals surface area contributed by atoms with Gasteiger partial charge in [0.25, 0.3) is 5.91 Å². The van der Waals surface area contributed by atoms with Crippen molar-refractivity contribution in [2.75, 3.05) is 26.0 Å². The zero-order valence-electron chi connectivity index (χ0n) is 32.7. The third-order valence-corrected chi connectivity index (χ3v) is 11.5. The minimum atomic E-state index is -5.85. The Morgan fingerprint density at radius 3 is 2.17 bits per heavy atom. The van der Waals surface area contributed by atoms with Crippen LogP contribution in [0.5, 0.6) is 0 Å². The second kappa shape index (κ2) is 18.5. The van der Waals surface area contributed by atoms with Crippen LogP contribution in [0.1, 0.15) is 78.7 Å². The molecule has 58 heavy (non-hydrogen) atoms. The number of nitrogens with two attached hydrogens (primary N) is 1. The molecule has 1 aromatic heterocycles. The van der Waals surface area contributed by atoms with Crippen molar-refractivity contribution in [2.45, 2.75) is 94.9 Å². The number of alkyl halides is 5. The van der Waals surface area contributed by atoms with E-state index in [1.54, 1.807) is 0 Å². The molecule has 0 bridgehead atoms. The Balaban J connectivity index is 0.00000641. The van der Waals surface area contributed by atoms with Crippen molar-refractivity contribution in [1.29, 1.82) is 0 Å². The fourth-order valence-corrected chi connectivity index (χ4v) is 7.95. The average molecular weight is 832 g/mol. The van der Waals surface area contributed by atoms with Gasteiger partial charge in [-0.25, -0.2) is 4.98 Å². The van der Waals surface area contributed by atoms with Crippen LogP contribution in [0.4, 0.5) is 27.6 Å². The molecule has 6 rings (SSSR count). The quantitative estimate of drug-likeness (QED) is 0.0929. The van der Waals surface area contributed by atoms with Crippen molar-refractivity contribution >= 4 is 46.8 Å².